The zero-order valence-corrected chi connectivity index (χ0v) is 19.5. The third-order valence-electron chi connectivity index (χ3n) is 5.40. The van der Waals surface area contributed by atoms with Crippen LogP contribution in [0, 0.1) is 17.1 Å². The van der Waals surface area contributed by atoms with Gasteiger partial charge in [0.15, 0.2) is 0 Å². The number of nitrogens with two attached hydrogens (primary N) is 1. The molecular weight excluding hydrogens is 498 g/mol. The average molecular weight is 511 g/mol. The maximum Gasteiger partial charge on any atom is 0.355 e. The molecule has 168 valence electrons. The fourth-order valence-corrected chi connectivity index (χ4v) is 5.68. The Bertz CT molecular complexity index is 1540. The van der Waals surface area contributed by atoms with Crippen LogP contribution in [0.2, 0.25) is 10.0 Å². The highest BCUT2D eigenvalue weighted by atomic mass is 35.5. The molecule has 1 aliphatic rings. The molecule has 2 heterocycles. The van der Waals surface area contributed by atoms with Crippen LogP contribution in [0.3, 0.4) is 0 Å². The first-order valence-electron chi connectivity index (χ1n) is 9.93. The number of carbonyl (C=O) groups excluding carboxylic acids is 1. The van der Waals surface area contributed by atoms with Gasteiger partial charge in [-0.2, -0.15) is 5.26 Å². The van der Waals surface area contributed by atoms with Crippen LogP contribution in [0.5, 0.6) is 11.5 Å². The van der Waals surface area contributed by atoms with Crippen molar-refractivity contribution in [1.82, 2.24) is 0 Å². The smallest absolute Gasteiger partial charge is 0.355 e. The monoisotopic (exact) mass is 510 g/mol. The first kappa shape index (κ1) is 22.2. The van der Waals surface area contributed by atoms with Gasteiger partial charge >= 0.3 is 5.97 Å². The highest BCUT2D eigenvalue weighted by molar-refractivity contribution is 7.21. The Morgan fingerprint density at radius 3 is 2.62 bits per heavy atom. The van der Waals surface area contributed by atoms with Gasteiger partial charge in [-0.1, -0.05) is 47.5 Å². The predicted molar refractivity (Wildman–Crippen MR) is 129 cm³/mol. The molecular formula is C25H13Cl2FN2O3S. The number of carbonyl (C=O) groups is 1. The van der Waals surface area contributed by atoms with Gasteiger partial charge in [0, 0.05) is 21.7 Å². The van der Waals surface area contributed by atoms with Crippen molar-refractivity contribution in [3.8, 4) is 17.6 Å². The lowest BCUT2D eigenvalue weighted by Crippen LogP contribution is -2.21. The molecule has 34 heavy (non-hydrogen) atoms. The van der Waals surface area contributed by atoms with Crippen molar-refractivity contribution < 1.29 is 18.7 Å². The van der Waals surface area contributed by atoms with E-state index in [2.05, 4.69) is 6.07 Å². The number of ether oxygens (including phenoxy) is 2. The van der Waals surface area contributed by atoms with E-state index < -0.39 is 17.7 Å². The minimum atomic E-state index is -0.644. The Kier molecular flexibility index (Phi) is 5.66. The standard InChI is InChI=1S/C25H13Cl2FN2O3S/c26-17-2-1-3-19-21(17)22(27)23(34-19)25(31)32-14-8-9-15-18(10-14)33-24(30)16(11-29)20(15)12-4-6-13(28)7-5-12/h1-10,20H,30H2. The number of hydrogen-bond donors (Lipinski definition) is 1. The average Bonchev–Trinajstić information content (AvgIpc) is 3.16. The molecule has 9 heteroatoms. The van der Waals surface area contributed by atoms with Crippen LogP contribution in [0.25, 0.3) is 10.1 Å². The molecule has 0 aliphatic carbocycles. The summed E-state index contributed by atoms with van der Waals surface area (Å²) in [7, 11) is 0. The van der Waals surface area contributed by atoms with Crippen LogP contribution in [0.4, 0.5) is 4.39 Å². The fourth-order valence-electron chi connectivity index (χ4n) is 3.85. The summed E-state index contributed by atoms with van der Waals surface area (Å²) in [6.07, 6.45) is 0. The van der Waals surface area contributed by atoms with Crippen molar-refractivity contribution in [1.29, 1.82) is 5.26 Å². The maximum atomic E-state index is 13.4. The Labute approximate surface area is 207 Å². The first-order chi connectivity index (χ1) is 16.4. The second-order valence-electron chi connectivity index (χ2n) is 7.42. The van der Waals surface area contributed by atoms with E-state index in [9.17, 15) is 14.4 Å². The van der Waals surface area contributed by atoms with E-state index in [4.69, 9.17) is 38.4 Å². The molecule has 1 unspecified atom stereocenters. The highest BCUT2D eigenvalue weighted by Crippen LogP contribution is 2.44. The molecule has 0 saturated heterocycles. The van der Waals surface area contributed by atoms with Crippen LogP contribution >= 0.6 is 34.5 Å². The molecule has 0 amide bonds. The van der Waals surface area contributed by atoms with Crippen molar-refractivity contribution in [2.24, 2.45) is 5.73 Å². The van der Waals surface area contributed by atoms with E-state index in [1.54, 1.807) is 36.4 Å². The summed E-state index contributed by atoms with van der Waals surface area (Å²) in [5.41, 5.74) is 7.51. The molecule has 0 saturated carbocycles. The van der Waals surface area contributed by atoms with Gasteiger partial charge in [-0.25, -0.2) is 9.18 Å². The molecule has 5 nitrogen and oxygen atoms in total. The normalized spacial score (nSPS) is 14.9. The summed E-state index contributed by atoms with van der Waals surface area (Å²) < 4.78 is 25.4. The summed E-state index contributed by atoms with van der Waals surface area (Å²) in [5, 5.41) is 10.9. The number of nitriles is 1. The quantitative estimate of drug-likeness (QED) is 0.242. The molecule has 5 rings (SSSR count). The second kappa shape index (κ2) is 8.65. The summed E-state index contributed by atoms with van der Waals surface area (Å²) >= 11 is 13.8. The van der Waals surface area contributed by atoms with Gasteiger partial charge in [0.1, 0.15) is 33.8 Å². The van der Waals surface area contributed by atoms with Crippen LogP contribution in [-0.2, 0) is 0 Å². The van der Waals surface area contributed by atoms with Gasteiger partial charge in [-0.15, -0.1) is 11.3 Å². The molecule has 2 N–H and O–H groups in total. The Balaban J connectivity index is 1.50. The zero-order valence-electron chi connectivity index (χ0n) is 17.1. The third kappa shape index (κ3) is 3.76. The summed E-state index contributed by atoms with van der Waals surface area (Å²) in [6.45, 7) is 0. The van der Waals surface area contributed by atoms with Gasteiger partial charge in [-0.3, -0.25) is 0 Å². The lowest BCUT2D eigenvalue weighted by Gasteiger charge is -2.26. The minimum absolute atomic E-state index is 0.0741. The van der Waals surface area contributed by atoms with Crippen LogP contribution in [0.1, 0.15) is 26.7 Å². The molecule has 1 aromatic heterocycles. The molecule has 1 atom stereocenters. The van der Waals surface area contributed by atoms with Crippen molar-refractivity contribution in [2.75, 3.05) is 0 Å². The number of fused-ring (bicyclic) bond motifs is 2. The SMILES string of the molecule is N#CC1=C(N)Oc2cc(OC(=O)c3sc4cccc(Cl)c4c3Cl)ccc2C1c1ccc(F)cc1. The van der Waals surface area contributed by atoms with Gasteiger partial charge in [0.05, 0.1) is 16.0 Å². The van der Waals surface area contributed by atoms with Gasteiger partial charge in [0.2, 0.25) is 5.88 Å². The van der Waals surface area contributed by atoms with Gasteiger partial charge < -0.3 is 15.2 Å². The molecule has 0 radical (unpaired) electrons. The number of benzene rings is 3. The van der Waals surface area contributed by atoms with Crippen molar-refractivity contribution in [3.05, 3.63) is 104 Å². The molecule has 0 bridgehead atoms. The van der Waals surface area contributed by atoms with E-state index in [-0.39, 0.29) is 27.1 Å². The van der Waals surface area contributed by atoms with E-state index in [1.165, 1.54) is 29.5 Å². The maximum absolute atomic E-state index is 13.4. The summed E-state index contributed by atoms with van der Waals surface area (Å²) in [4.78, 5) is 13.1. The third-order valence-corrected chi connectivity index (χ3v) is 7.34. The number of hydrogen-bond acceptors (Lipinski definition) is 6. The number of halogens is 3. The van der Waals surface area contributed by atoms with Crippen molar-refractivity contribution >= 4 is 50.6 Å². The zero-order chi connectivity index (χ0) is 24.0. The number of thiophene rings is 1. The number of allylic oxidation sites excluding steroid dienone is 1. The molecule has 3 aromatic carbocycles. The number of nitrogens with zero attached hydrogens (tertiary/aromatic N) is 1. The van der Waals surface area contributed by atoms with E-state index >= 15 is 0 Å². The van der Waals surface area contributed by atoms with Crippen molar-refractivity contribution in [3.63, 3.8) is 0 Å². The Morgan fingerprint density at radius 1 is 1.15 bits per heavy atom. The summed E-state index contributed by atoms with van der Waals surface area (Å²) in [6, 6.07) is 17.9. The molecule has 0 spiro atoms. The first-order valence-corrected chi connectivity index (χ1v) is 11.5. The lowest BCUT2D eigenvalue weighted by molar-refractivity contribution is 0.0740. The lowest BCUT2D eigenvalue weighted by atomic mass is 9.83. The van der Waals surface area contributed by atoms with Crippen LogP contribution in [-0.4, -0.2) is 5.97 Å². The number of esters is 1. The second-order valence-corrected chi connectivity index (χ2v) is 9.26. The van der Waals surface area contributed by atoms with Crippen LogP contribution < -0.4 is 15.2 Å². The summed E-state index contributed by atoms with van der Waals surface area (Å²) in [5.74, 6) is -1.14. The predicted octanol–water partition coefficient (Wildman–Crippen LogP) is 6.78. The Morgan fingerprint density at radius 2 is 1.91 bits per heavy atom. The molecule has 0 fully saturated rings. The minimum Gasteiger partial charge on any atom is -0.440 e. The molecule has 1 aliphatic heterocycles. The largest absolute Gasteiger partial charge is 0.440 e. The van der Waals surface area contributed by atoms with E-state index in [0.717, 1.165) is 4.70 Å². The van der Waals surface area contributed by atoms with Crippen LogP contribution in [0.15, 0.2) is 72.1 Å². The topological polar surface area (TPSA) is 85.3 Å². The highest BCUT2D eigenvalue weighted by Gasteiger charge is 2.31. The number of rotatable bonds is 3. The van der Waals surface area contributed by atoms with Crippen molar-refractivity contribution in [2.45, 2.75) is 5.92 Å². The fraction of sp³-hybridized carbons (Fsp3) is 0.0400. The van der Waals surface area contributed by atoms with E-state index in [0.29, 0.717) is 27.3 Å². The Hall–Kier alpha value is -3.57. The van der Waals surface area contributed by atoms with Gasteiger partial charge in [-0.05, 0) is 35.9 Å². The molecule has 4 aromatic rings. The van der Waals surface area contributed by atoms with Gasteiger partial charge in [0.25, 0.3) is 0 Å². The van der Waals surface area contributed by atoms with E-state index in [1.807, 2.05) is 6.07 Å².